The number of aromatic nitrogens is 5. The summed E-state index contributed by atoms with van der Waals surface area (Å²) < 4.78 is 40.4. The number of nitrogens with one attached hydrogen (secondary N) is 1. The molecule has 0 aromatic carbocycles. The lowest BCUT2D eigenvalue weighted by atomic mass is 10.3. The van der Waals surface area contributed by atoms with Crippen LogP contribution in [0.3, 0.4) is 0 Å². The average molecular weight is 381 g/mol. The Morgan fingerprint density at radius 1 is 1.07 bits per heavy atom. The number of anilines is 2. The maximum Gasteiger partial charge on any atom is 0.433 e. The van der Waals surface area contributed by atoms with E-state index >= 15 is 0 Å². The molecule has 0 radical (unpaired) electrons. The number of hydrogen-bond acceptors (Lipinski definition) is 6. The Kier molecular flexibility index (Phi) is 4.12. The van der Waals surface area contributed by atoms with Crippen molar-refractivity contribution in [3.05, 3.63) is 66.2 Å². The zero-order chi connectivity index (χ0) is 19.7. The van der Waals surface area contributed by atoms with Crippen molar-refractivity contribution in [1.29, 1.82) is 5.26 Å². The van der Waals surface area contributed by atoms with E-state index in [1.54, 1.807) is 24.4 Å². The van der Waals surface area contributed by atoms with Gasteiger partial charge in [-0.3, -0.25) is 0 Å². The van der Waals surface area contributed by atoms with E-state index in [-0.39, 0.29) is 17.2 Å². The van der Waals surface area contributed by atoms with Crippen molar-refractivity contribution in [3.8, 4) is 17.6 Å². The predicted molar refractivity (Wildman–Crippen MR) is 93.5 cm³/mol. The van der Waals surface area contributed by atoms with Crippen LogP contribution >= 0.6 is 0 Å². The molecule has 0 bridgehead atoms. The maximum atomic E-state index is 13.0. The van der Waals surface area contributed by atoms with E-state index in [0.29, 0.717) is 17.0 Å². The Balaban J connectivity index is 1.81. The number of rotatable bonds is 3. The van der Waals surface area contributed by atoms with Crippen LogP contribution in [-0.4, -0.2) is 24.6 Å². The van der Waals surface area contributed by atoms with E-state index in [1.807, 2.05) is 6.07 Å². The van der Waals surface area contributed by atoms with Crippen LogP contribution in [0, 0.1) is 11.3 Å². The molecule has 10 heteroatoms. The van der Waals surface area contributed by atoms with Crippen molar-refractivity contribution in [2.45, 2.75) is 6.18 Å². The van der Waals surface area contributed by atoms with Gasteiger partial charge in [0, 0.05) is 18.1 Å². The van der Waals surface area contributed by atoms with Gasteiger partial charge in [0.25, 0.3) is 0 Å². The molecule has 4 aromatic rings. The molecule has 0 fully saturated rings. The number of alkyl halides is 3. The summed E-state index contributed by atoms with van der Waals surface area (Å²) >= 11 is 0. The van der Waals surface area contributed by atoms with Crippen molar-refractivity contribution in [1.82, 2.24) is 24.6 Å². The fourth-order valence-corrected chi connectivity index (χ4v) is 2.56. The molecular weight excluding hydrogens is 371 g/mol. The van der Waals surface area contributed by atoms with Gasteiger partial charge in [0.15, 0.2) is 5.82 Å². The van der Waals surface area contributed by atoms with Gasteiger partial charge in [0.2, 0.25) is 5.82 Å². The van der Waals surface area contributed by atoms with Crippen molar-refractivity contribution in [2.24, 2.45) is 0 Å². The largest absolute Gasteiger partial charge is 0.433 e. The SMILES string of the molecule is N#Cc1cc(Nc2nc(-c3cccc(C(F)(F)F)n3)nn3cccc23)ccn1. The summed E-state index contributed by atoms with van der Waals surface area (Å²) in [5.74, 6) is 0.371. The third-order valence-corrected chi connectivity index (χ3v) is 3.80. The first-order chi connectivity index (χ1) is 13.4. The van der Waals surface area contributed by atoms with Crippen molar-refractivity contribution < 1.29 is 13.2 Å². The quantitative estimate of drug-likeness (QED) is 0.580. The van der Waals surface area contributed by atoms with Crippen LogP contribution in [0.4, 0.5) is 24.7 Å². The van der Waals surface area contributed by atoms with E-state index in [0.717, 1.165) is 6.07 Å². The summed E-state index contributed by atoms with van der Waals surface area (Å²) in [4.78, 5) is 11.9. The summed E-state index contributed by atoms with van der Waals surface area (Å²) in [6.07, 6.45) is -1.46. The van der Waals surface area contributed by atoms with Gasteiger partial charge in [0.1, 0.15) is 28.7 Å². The minimum absolute atomic E-state index is 0.0130. The predicted octanol–water partition coefficient (Wildman–Crippen LogP) is 3.82. The molecule has 0 atom stereocenters. The van der Waals surface area contributed by atoms with E-state index < -0.39 is 11.9 Å². The topological polar surface area (TPSA) is 91.8 Å². The van der Waals surface area contributed by atoms with Gasteiger partial charge in [-0.1, -0.05) is 6.07 Å². The summed E-state index contributed by atoms with van der Waals surface area (Å²) in [5, 5.41) is 16.3. The second-order valence-corrected chi connectivity index (χ2v) is 5.69. The van der Waals surface area contributed by atoms with Gasteiger partial charge in [-0.05, 0) is 36.4 Å². The summed E-state index contributed by atoms with van der Waals surface area (Å²) in [5.41, 5.74) is 0.331. The molecule has 0 aliphatic carbocycles. The van der Waals surface area contributed by atoms with Crippen LogP contribution in [0.2, 0.25) is 0 Å². The van der Waals surface area contributed by atoms with Crippen molar-refractivity contribution in [3.63, 3.8) is 0 Å². The normalized spacial score (nSPS) is 11.4. The smallest absolute Gasteiger partial charge is 0.338 e. The van der Waals surface area contributed by atoms with Gasteiger partial charge in [-0.25, -0.2) is 19.5 Å². The number of pyridine rings is 2. The highest BCUT2D eigenvalue weighted by Gasteiger charge is 2.32. The Bertz CT molecular complexity index is 1210. The Hall–Kier alpha value is -4.00. The molecule has 0 saturated heterocycles. The minimum atomic E-state index is -4.57. The van der Waals surface area contributed by atoms with Crippen LogP contribution in [0.25, 0.3) is 17.0 Å². The van der Waals surface area contributed by atoms with E-state index in [9.17, 15) is 13.2 Å². The summed E-state index contributed by atoms with van der Waals surface area (Å²) in [6, 6.07) is 12.1. The van der Waals surface area contributed by atoms with Gasteiger partial charge in [-0.15, -0.1) is 5.10 Å². The number of halogens is 3. The number of nitrogens with zero attached hydrogens (tertiary/aromatic N) is 6. The van der Waals surface area contributed by atoms with E-state index in [2.05, 4.69) is 25.4 Å². The molecule has 0 aliphatic heterocycles. The molecule has 0 amide bonds. The Morgan fingerprint density at radius 2 is 1.93 bits per heavy atom. The first kappa shape index (κ1) is 17.4. The molecule has 138 valence electrons. The summed E-state index contributed by atoms with van der Waals surface area (Å²) in [7, 11) is 0. The molecule has 1 N–H and O–H groups in total. The first-order valence-electron chi connectivity index (χ1n) is 7.97. The zero-order valence-electron chi connectivity index (χ0n) is 14.0. The molecule has 7 nitrogen and oxygen atoms in total. The van der Waals surface area contributed by atoms with Crippen LogP contribution in [0.15, 0.2) is 54.9 Å². The molecular formula is C18H10F3N7. The monoisotopic (exact) mass is 381 g/mol. The zero-order valence-corrected chi connectivity index (χ0v) is 14.0. The second kappa shape index (κ2) is 6.62. The molecule has 4 aromatic heterocycles. The highest BCUT2D eigenvalue weighted by molar-refractivity contribution is 5.74. The van der Waals surface area contributed by atoms with Crippen molar-refractivity contribution >= 4 is 17.0 Å². The minimum Gasteiger partial charge on any atom is -0.338 e. The summed E-state index contributed by atoms with van der Waals surface area (Å²) in [6.45, 7) is 0. The molecule has 0 spiro atoms. The average Bonchev–Trinajstić information content (AvgIpc) is 3.16. The van der Waals surface area contributed by atoms with Crippen molar-refractivity contribution in [2.75, 3.05) is 5.32 Å². The molecule has 4 heterocycles. The Labute approximate surface area is 156 Å². The third-order valence-electron chi connectivity index (χ3n) is 3.80. The van der Waals surface area contributed by atoms with Crippen LogP contribution in [0.1, 0.15) is 11.4 Å². The molecule has 0 unspecified atom stereocenters. The van der Waals surface area contributed by atoms with Gasteiger partial charge in [0.05, 0.1) is 0 Å². The maximum absolute atomic E-state index is 13.0. The van der Waals surface area contributed by atoms with Crippen LogP contribution in [-0.2, 0) is 6.18 Å². The van der Waals surface area contributed by atoms with Gasteiger partial charge < -0.3 is 5.32 Å². The number of nitriles is 1. The fraction of sp³-hybridized carbons (Fsp3) is 0.0556. The lowest BCUT2D eigenvalue weighted by molar-refractivity contribution is -0.141. The lowest BCUT2D eigenvalue weighted by Crippen LogP contribution is -2.09. The van der Waals surface area contributed by atoms with Gasteiger partial charge in [-0.2, -0.15) is 18.4 Å². The number of hydrogen-bond donors (Lipinski definition) is 1. The second-order valence-electron chi connectivity index (χ2n) is 5.69. The highest BCUT2D eigenvalue weighted by Crippen LogP contribution is 2.29. The van der Waals surface area contributed by atoms with E-state index in [4.69, 9.17) is 5.26 Å². The fourth-order valence-electron chi connectivity index (χ4n) is 2.56. The molecule has 4 rings (SSSR count). The van der Waals surface area contributed by atoms with Crippen LogP contribution < -0.4 is 5.32 Å². The van der Waals surface area contributed by atoms with E-state index in [1.165, 1.54) is 28.9 Å². The molecule has 28 heavy (non-hydrogen) atoms. The lowest BCUT2D eigenvalue weighted by Gasteiger charge is -2.11. The highest BCUT2D eigenvalue weighted by atomic mass is 19.4. The Morgan fingerprint density at radius 3 is 2.71 bits per heavy atom. The number of fused-ring (bicyclic) bond motifs is 1. The van der Waals surface area contributed by atoms with Crippen LogP contribution in [0.5, 0.6) is 0 Å². The third kappa shape index (κ3) is 3.33. The first-order valence-corrected chi connectivity index (χ1v) is 7.97. The molecule has 0 saturated carbocycles. The van der Waals surface area contributed by atoms with Gasteiger partial charge >= 0.3 is 6.18 Å². The molecule has 0 aliphatic rings. The standard InChI is InChI=1S/C18H10F3N7/c19-18(20,21)15-5-1-3-13(25-15)16-26-17(14-4-2-8-28(14)27-16)24-11-6-7-23-12(9-11)10-22/h1-9H,(H,23,24,26,27).